The van der Waals surface area contributed by atoms with E-state index >= 15 is 0 Å². The van der Waals surface area contributed by atoms with Crippen LogP contribution in [-0.4, -0.2) is 0 Å². The average Bonchev–Trinajstić information content (AvgIpc) is 2.65. The van der Waals surface area contributed by atoms with Crippen molar-refractivity contribution in [2.45, 2.75) is 12.8 Å². The van der Waals surface area contributed by atoms with Crippen molar-refractivity contribution in [1.29, 1.82) is 0 Å². The molecule has 0 saturated carbocycles. The third-order valence-electron chi connectivity index (χ3n) is 2.67. The molecule has 1 aromatic carbocycles. The fraction of sp³-hybridized carbons (Fsp3) is 0.125. The van der Waals surface area contributed by atoms with Gasteiger partial charge in [0, 0.05) is 18.1 Å². The van der Waals surface area contributed by atoms with E-state index in [1.54, 1.807) is 0 Å². The first-order valence-electron chi connectivity index (χ1n) is 5.90. The summed E-state index contributed by atoms with van der Waals surface area (Å²) in [4.78, 5) is 2.12. The second-order valence-electron chi connectivity index (χ2n) is 3.97. The lowest BCUT2D eigenvalue weighted by Crippen LogP contribution is -2.06. The highest BCUT2D eigenvalue weighted by atomic mass is 15.1. The first-order valence-corrected chi connectivity index (χ1v) is 5.90. The Morgan fingerprint density at radius 1 is 1.06 bits per heavy atom. The van der Waals surface area contributed by atoms with Gasteiger partial charge in [0.1, 0.15) is 0 Å². The summed E-state index contributed by atoms with van der Waals surface area (Å²) in [5.74, 6) is 0. The lowest BCUT2D eigenvalue weighted by molar-refractivity contribution is 1.00. The Kier molecular flexibility index (Phi) is 3.98. The maximum absolute atomic E-state index is 3.76. The second-order valence-corrected chi connectivity index (χ2v) is 3.97. The van der Waals surface area contributed by atoms with Crippen molar-refractivity contribution in [3.05, 3.63) is 79.2 Å². The van der Waals surface area contributed by atoms with Crippen molar-refractivity contribution in [1.82, 2.24) is 0 Å². The number of aryl methyl sites for hydroxylation is 1. The molecule has 0 radical (unpaired) electrons. The smallest absolute Gasteiger partial charge is 0.0452 e. The van der Waals surface area contributed by atoms with Gasteiger partial charge in [0.15, 0.2) is 0 Å². The first kappa shape index (κ1) is 11.5. The Morgan fingerprint density at radius 3 is 2.53 bits per heavy atom. The maximum Gasteiger partial charge on any atom is 0.0452 e. The highest BCUT2D eigenvalue weighted by Crippen LogP contribution is 2.19. The third-order valence-corrected chi connectivity index (χ3v) is 2.67. The van der Waals surface area contributed by atoms with Gasteiger partial charge in [-0.15, -0.1) is 6.58 Å². The van der Waals surface area contributed by atoms with Crippen molar-refractivity contribution in [3.63, 3.8) is 0 Å². The van der Waals surface area contributed by atoms with Gasteiger partial charge in [-0.05, 0) is 42.7 Å². The predicted molar refractivity (Wildman–Crippen MR) is 74.9 cm³/mol. The van der Waals surface area contributed by atoms with E-state index in [0.29, 0.717) is 0 Å². The molecule has 0 unspecified atom stereocenters. The first-order chi connectivity index (χ1) is 8.40. The molecule has 17 heavy (non-hydrogen) atoms. The highest BCUT2D eigenvalue weighted by Gasteiger charge is 2.01. The van der Waals surface area contributed by atoms with E-state index in [4.69, 9.17) is 0 Å². The van der Waals surface area contributed by atoms with Crippen LogP contribution in [0.25, 0.3) is 0 Å². The fourth-order valence-electron chi connectivity index (χ4n) is 1.78. The van der Waals surface area contributed by atoms with Crippen LogP contribution in [0.3, 0.4) is 0 Å². The summed E-state index contributed by atoms with van der Waals surface area (Å²) >= 11 is 0. The van der Waals surface area contributed by atoms with Gasteiger partial charge in [-0.3, -0.25) is 0 Å². The number of rotatable bonds is 4. The molecular weight excluding hydrogens is 206 g/mol. The van der Waals surface area contributed by atoms with Crippen LogP contribution in [0.15, 0.2) is 73.6 Å². The molecule has 1 nitrogen and oxygen atoms in total. The van der Waals surface area contributed by atoms with E-state index < -0.39 is 0 Å². The van der Waals surface area contributed by atoms with Crippen LogP contribution in [-0.2, 0) is 6.42 Å². The lowest BCUT2D eigenvalue weighted by atomic mass is 10.1. The molecule has 1 heteroatoms. The molecule has 0 spiro atoms. The standard InChI is InChI=1S/C16H17N/c1-2-3-9-15-10-8-11-16(14-15)17-12-6-4-5-7-13-17/h2,4-8,10-14H,1,3,9H2. The number of nitrogens with zero attached hydrogens (tertiary/aromatic N) is 1. The van der Waals surface area contributed by atoms with Gasteiger partial charge in [0.2, 0.25) is 0 Å². The quantitative estimate of drug-likeness (QED) is 0.691. The van der Waals surface area contributed by atoms with Gasteiger partial charge >= 0.3 is 0 Å². The summed E-state index contributed by atoms with van der Waals surface area (Å²) in [5, 5.41) is 0. The van der Waals surface area contributed by atoms with Gasteiger partial charge in [-0.1, -0.05) is 30.4 Å². The summed E-state index contributed by atoms with van der Waals surface area (Å²) in [6.45, 7) is 3.76. The Bertz CT molecular complexity index is 450. The molecule has 86 valence electrons. The molecule has 1 heterocycles. The number of hydrogen-bond acceptors (Lipinski definition) is 1. The zero-order valence-electron chi connectivity index (χ0n) is 9.92. The summed E-state index contributed by atoms with van der Waals surface area (Å²) in [6.07, 6.45) is 16.3. The van der Waals surface area contributed by atoms with Gasteiger partial charge in [0.25, 0.3) is 0 Å². The summed E-state index contributed by atoms with van der Waals surface area (Å²) in [5.41, 5.74) is 2.55. The zero-order chi connectivity index (χ0) is 11.9. The van der Waals surface area contributed by atoms with Crippen LogP contribution in [0, 0.1) is 0 Å². The van der Waals surface area contributed by atoms with E-state index in [9.17, 15) is 0 Å². The summed E-state index contributed by atoms with van der Waals surface area (Å²) in [6, 6.07) is 8.62. The van der Waals surface area contributed by atoms with Crippen LogP contribution in [0.5, 0.6) is 0 Å². The summed E-state index contributed by atoms with van der Waals surface area (Å²) < 4.78 is 0. The third kappa shape index (κ3) is 3.22. The molecule has 1 aliphatic rings. The Morgan fingerprint density at radius 2 is 1.82 bits per heavy atom. The fourth-order valence-corrected chi connectivity index (χ4v) is 1.78. The molecule has 0 amide bonds. The molecule has 0 atom stereocenters. The van der Waals surface area contributed by atoms with Crippen molar-refractivity contribution >= 4 is 5.69 Å². The minimum Gasteiger partial charge on any atom is -0.324 e. The zero-order valence-corrected chi connectivity index (χ0v) is 9.92. The molecule has 0 N–H and O–H groups in total. The van der Waals surface area contributed by atoms with Gasteiger partial charge in [-0.2, -0.15) is 0 Å². The monoisotopic (exact) mass is 223 g/mol. The maximum atomic E-state index is 3.76. The molecule has 0 fully saturated rings. The van der Waals surface area contributed by atoms with Crippen molar-refractivity contribution in [2.75, 3.05) is 4.90 Å². The van der Waals surface area contributed by atoms with E-state index in [1.807, 2.05) is 30.4 Å². The van der Waals surface area contributed by atoms with Crippen LogP contribution < -0.4 is 4.90 Å². The van der Waals surface area contributed by atoms with Crippen LogP contribution in [0.2, 0.25) is 0 Å². The number of allylic oxidation sites excluding steroid dienone is 5. The minimum atomic E-state index is 1.02. The average molecular weight is 223 g/mol. The molecule has 2 rings (SSSR count). The number of hydrogen-bond donors (Lipinski definition) is 0. The van der Waals surface area contributed by atoms with Crippen LogP contribution in [0.4, 0.5) is 5.69 Å². The Balaban J connectivity index is 2.17. The molecule has 0 aromatic heterocycles. The molecular formula is C16H17N. The van der Waals surface area contributed by atoms with Gasteiger partial charge < -0.3 is 4.90 Å². The molecule has 1 aromatic rings. The normalized spacial score (nSPS) is 13.8. The van der Waals surface area contributed by atoms with Crippen molar-refractivity contribution < 1.29 is 0 Å². The van der Waals surface area contributed by atoms with Crippen molar-refractivity contribution in [2.24, 2.45) is 0 Å². The van der Waals surface area contributed by atoms with Crippen LogP contribution >= 0.6 is 0 Å². The van der Waals surface area contributed by atoms with E-state index in [1.165, 1.54) is 11.3 Å². The highest BCUT2D eigenvalue weighted by molar-refractivity contribution is 5.55. The lowest BCUT2D eigenvalue weighted by Gasteiger charge is -2.15. The molecule has 0 bridgehead atoms. The van der Waals surface area contributed by atoms with E-state index in [-0.39, 0.29) is 0 Å². The molecule has 1 aliphatic heterocycles. The predicted octanol–water partition coefficient (Wildman–Crippen LogP) is 4.21. The van der Waals surface area contributed by atoms with Gasteiger partial charge in [0.05, 0.1) is 0 Å². The van der Waals surface area contributed by atoms with Gasteiger partial charge in [-0.25, -0.2) is 0 Å². The number of anilines is 1. The van der Waals surface area contributed by atoms with Crippen molar-refractivity contribution in [3.8, 4) is 0 Å². The Hall–Kier alpha value is -2.02. The number of benzene rings is 1. The van der Waals surface area contributed by atoms with Crippen LogP contribution in [0.1, 0.15) is 12.0 Å². The summed E-state index contributed by atoms with van der Waals surface area (Å²) in [7, 11) is 0. The Labute approximate surface area is 103 Å². The largest absolute Gasteiger partial charge is 0.324 e. The van der Waals surface area contributed by atoms with E-state index in [0.717, 1.165) is 12.8 Å². The minimum absolute atomic E-state index is 1.02. The topological polar surface area (TPSA) is 3.24 Å². The van der Waals surface area contributed by atoms with E-state index in [2.05, 4.69) is 48.1 Å². The SMILES string of the molecule is C=CCCc1cccc(N2C=CC=CC=C2)c1. The molecule has 0 aliphatic carbocycles. The second kappa shape index (κ2) is 5.90. The molecule has 0 saturated heterocycles.